The summed E-state index contributed by atoms with van der Waals surface area (Å²) in [7, 11) is 0. The first kappa shape index (κ1) is 11.8. The summed E-state index contributed by atoms with van der Waals surface area (Å²) in [6.45, 7) is 0. The van der Waals surface area contributed by atoms with E-state index in [2.05, 4.69) is 9.84 Å². The maximum absolute atomic E-state index is 12.0. The average Bonchev–Trinajstić information content (AvgIpc) is 2.68. The van der Waals surface area contributed by atoms with Gasteiger partial charge in [0, 0.05) is 18.5 Å². The molecule has 1 heterocycles. The number of benzene rings is 1. The monoisotopic (exact) mass is 262 g/mol. The van der Waals surface area contributed by atoms with Gasteiger partial charge in [-0.15, -0.1) is 13.2 Å². The smallest absolute Gasteiger partial charge is 0.406 e. The van der Waals surface area contributed by atoms with E-state index in [0.29, 0.717) is 5.69 Å². The van der Waals surface area contributed by atoms with Crippen molar-refractivity contribution in [3.8, 4) is 11.4 Å². The molecule has 2 aromatic rings. The van der Waals surface area contributed by atoms with Crippen LogP contribution in [-0.2, 0) is 0 Å². The Hall–Kier alpha value is -1.69. The largest absolute Gasteiger partial charge is 0.573 e. The highest BCUT2D eigenvalue weighted by Crippen LogP contribution is 2.28. The van der Waals surface area contributed by atoms with Crippen molar-refractivity contribution in [1.82, 2.24) is 9.78 Å². The zero-order valence-electron chi connectivity index (χ0n) is 8.28. The van der Waals surface area contributed by atoms with E-state index in [4.69, 9.17) is 11.6 Å². The van der Waals surface area contributed by atoms with Crippen LogP contribution in [0.1, 0.15) is 0 Å². The van der Waals surface area contributed by atoms with Gasteiger partial charge in [0.2, 0.25) is 0 Å². The number of nitrogens with zero attached hydrogens (tertiary/aromatic N) is 2. The molecule has 0 spiro atoms. The summed E-state index contributed by atoms with van der Waals surface area (Å²) in [5.41, 5.74) is 0.478. The van der Waals surface area contributed by atoms with Gasteiger partial charge in [-0.3, -0.25) is 0 Å². The van der Waals surface area contributed by atoms with Gasteiger partial charge in [-0.05, 0) is 18.2 Å². The van der Waals surface area contributed by atoms with Crippen molar-refractivity contribution in [1.29, 1.82) is 0 Å². The summed E-state index contributed by atoms with van der Waals surface area (Å²) < 4.78 is 41.1. The van der Waals surface area contributed by atoms with Gasteiger partial charge >= 0.3 is 6.36 Å². The third kappa shape index (κ3) is 2.91. The molecule has 7 heteroatoms. The van der Waals surface area contributed by atoms with E-state index < -0.39 is 6.36 Å². The Bertz CT molecular complexity index is 511. The van der Waals surface area contributed by atoms with Crippen LogP contribution in [0.5, 0.6) is 5.75 Å². The fourth-order valence-corrected chi connectivity index (χ4v) is 1.54. The number of aromatic nitrogens is 2. The van der Waals surface area contributed by atoms with Crippen molar-refractivity contribution in [2.24, 2.45) is 0 Å². The topological polar surface area (TPSA) is 27.1 Å². The Kier molecular flexibility index (Phi) is 2.97. The number of hydrogen-bond donors (Lipinski definition) is 0. The summed E-state index contributed by atoms with van der Waals surface area (Å²) in [4.78, 5) is 0. The van der Waals surface area contributed by atoms with Crippen molar-refractivity contribution < 1.29 is 17.9 Å². The molecule has 90 valence electrons. The van der Waals surface area contributed by atoms with Crippen molar-refractivity contribution in [2.45, 2.75) is 6.36 Å². The molecule has 0 aliphatic heterocycles. The molecule has 0 fully saturated rings. The Morgan fingerprint density at radius 1 is 1.29 bits per heavy atom. The van der Waals surface area contributed by atoms with Gasteiger partial charge < -0.3 is 4.74 Å². The lowest BCUT2D eigenvalue weighted by atomic mass is 10.3. The molecule has 0 aliphatic carbocycles. The molecule has 0 bridgehead atoms. The van der Waals surface area contributed by atoms with E-state index in [-0.39, 0.29) is 10.8 Å². The van der Waals surface area contributed by atoms with Crippen molar-refractivity contribution in [2.75, 3.05) is 0 Å². The van der Waals surface area contributed by atoms with Crippen LogP contribution >= 0.6 is 11.6 Å². The Balaban J connectivity index is 2.30. The van der Waals surface area contributed by atoms with Crippen molar-refractivity contribution in [3.63, 3.8) is 0 Å². The minimum absolute atomic E-state index is 0.121. The van der Waals surface area contributed by atoms with E-state index in [0.717, 1.165) is 6.07 Å². The highest BCUT2D eigenvalue weighted by molar-refractivity contribution is 6.32. The highest BCUT2D eigenvalue weighted by atomic mass is 35.5. The summed E-state index contributed by atoms with van der Waals surface area (Å²) in [5.74, 6) is -0.363. The molecule has 3 nitrogen and oxygen atoms in total. The number of halogens is 4. The second-order valence-electron chi connectivity index (χ2n) is 3.11. The summed E-state index contributed by atoms with van der Waals surface area (Å²) in [6.07, 6.45) is -1.56. The third-order valence-corrected chi connectivity index (χ3v) is 2.21. The Morgan fingerprint density at radius 3 is 2.59 bits per heavy atom. The third-order valence-electron chi connectivity index (χ3n) is 1.90. The predicted octanol–water partition coefficient (Wildman–Crippen LogP) is 3.42. The fourth-order valence-electron chi connectivity index (χ4n) is 1.28. The minimum atomic E-state index is -4.73. The van der Waals surface area contributed by atoms with Crippen LogP contribution in [0.4, 0.5) is 13.2 Å². The second-order valence-corrected chi connectivity index (χ2v) is 3.52. The summed E-state index contributed by atoms with van der Waals surface area (Å²) >= 11 is 5.84. The van der Waals surface area contributed by atoms with Gasteiger partial charge in [0.25, 0.3) is 0 Å². The number of alkyl halides is 3. The van der Waals surface area contributed by atoms with Crippen LogP contribution in [-0.4, -0.2) is 16.1 Å². The lowest BCUT2D eigenvalue weighted by Gasteiger charge is -2.10. The zero-order chi connectivity index (χ0) is 12.5. The van der Waals surface area contributed by atoms with Gasteiger partial charge in [0.05, 0.1) is 10.7 Å². The molecule has 0 aliphatic rings. The Labute approximate surface area is 99.4 Å². The molecule has 0 saturated heterocycles. The molecule has 0 atom stereocenters. The molecular weight excluding hydrogens is 257 g/mol. The van der Waals surface area contributed by atoms with Crippen LogP contribution < -0.4 is 4.74 Å². The van der Waals surface area contributed by atoms with E-state index >= 15 is 0 Å². The zero-order valence-corrected chi connectivity index (χ0v) is 9.03. The van der Waals surface area contributed by atoms with Crippen LogP contribution in [0.2, 0.25) is 5.02 Å². The maximum atomic E-state index is 12.0. The van der Waals surface area contributed by atoms with Gasteiger partial charge in [0.1, 0.15) is 5.75 Å². The predicted molar refractivity (Wildman–Crippen MR) is 55.3 cm³/mol. The van der Waals surface area contributed by atoms with E-state index in [1.54, 1.807) is 12.3 Å². The normalized spacial score (nSPS) is 11.5. The molecule has 17 heavy (non-hydrogen) atoms. The van der Waals surface area contributed by atoms with Gasteiger partial charge in [-0.2, -0.15) is 5.10 Å². The number of ether oxygens (including phenoxy) is 1. The van der Waals surface area contributed by atoms with Crippen molar-refractivity contribution >= 4 is 11.6 Å². The number of rotatable bonds is 2. The summed E-state index contributed by atoms with van der Waals surface area (Å²) in [5, 5.41) is 4.04. The molecule has 1 aromatic carbocycles. The first-order valence-corrected chi connectivity index (χ1v) is 4.89. The molecule has 0 N–H and O–H groups in total. The van der Waals surface area contributed by atoms with E-state index in [1.165, 1.54) is 23.0 Å². The fraction of sp³-hybridized carbons (Fsp3) is 0.100. The van der Waals surface area contributed by atoms with Crippen LogP contribution in [0, 0.1) is 0 Å². The van der Waals surface area contributed by atoms with Crippen LogP contribution in [0.3, 0.4) is 0 Å². The van der Waals surface area contributed by atoms with Gasteiger partial charge in [0.15, 0.2) is 0 Å². The summed E-state index contributed by atoms with van der Waals surface area (Å²) in [6, 6.07) is 5.34. The van der Waals surface area contributed by atoms with E-state index in [9.17, 15) is 13.2 Å². The average molecular weight is 263 g/mol. The lowest BCUT2D eigenvalue weighted by molar-refractivity contribution is -0.274. The quantitative estimate of drug-likeness (QED) is 0.829. The highest BCUT2D eigenvalue weighted by Gasteiger charge is 2.31. The van der Waals surface area contributed by atoms with Crippen LogP contribution in [0.15, 0.2) is 36.7 Å². The lowest BCUT2D eigenvalue weighted by Crippen LogP contribution is -2.17. The first-order chi connectivity index (χ1) is 7.96. The standard InChI is InChI=1S/C10H6ClF3N2O/c11-8-6-7(17-10(12,13)14)2-3-9(8)16-5-1-4-15-16/h1-6H. The van der Waals surface area contributed by atoms with Gasteiger partial charge in [-0.1, -0.05) is 11.6 Å². The first-order valence-electron chi connectivity index (χ1n) is 4.51. The Morgan fingerprint density at radius 2 is 2.06 bits per heavy atom. The van der Waals surface area contributed by atoms with Crippen molar-refractivity contribution in [3.05, 3.63) is 41.7 Å². The van der Waals surface area contributed by atoms with E-state index in [1.807, 2.05) is 0 Å². The molecule has 0 radical (unpaired) electrons. The molecule has 0 saturated carbocycles. The van der Waals surface area contributed by atoms with Crippen LogP contribution in [0.25, 0.3) is 5.69 Å². The maximum Gasteiger partial charge on any atom is 0.573 e. The molecular formula is C10H6ClF3N2O. The minimum Gasteiger partial charge on any atom is -0.406 e. The SMILES string of the molecule is FC(F)(F)Oc1ccc(-n2cccn2)c(Cl)c1. The molecule has 0 amide bonds. The van der Waals surface area contributed by atoms with Gasteiger partial charge in [-0.25, -0.2) is 4.68 Å². The molecule has 2 rings (SSSR count). The second kappa shape index (κ2) is 4.29. The molecule has 1 aromatic heterocycles. The number of hydrogen-bond acceptors (Lipinski definition) is 2. The molecule has 0 unspecified atom stereocenters.